The Bertz CT molecular complexity index is 1320. The highest BCUT2D eigenvalue weighted by atomic mass is 32.2. The minimum atomic E-state index is -3.73. The number of fused-ring (bicyclic) bond motifs is 3. The number of hydrogen-bond acceptors (Lipinski definition) is 7. The molecule has 10 nitrogen and oxygen atoms in total. The fraction of sp³-hybridized carbons (Fsp3) is 0.667. The van der Waals surface area contributed by atoms with Gasteiger partial charge in [0.25, 0.3) is 5.91 Å². The average molecular weight is 543 g/mol. The lowest BCUT2D eigenvalue weighted by Gasteiger charge is -2.37. The van der Waals surface area contributed by atoms with Crippen molar-refractivity contribution < 1.29 is 27.7 Å². The quantitative estimate of drug-likeness (QED) is 0.566. The van der Waals surface area contributed by atoms with Crippen molar-refractivity contribution in [2.24, 2.45) is 21.9 Å². The van der Waals surface area contributed by atoms with E-state index in [4.69, 9.17) is 9.68 Å². The molecule has 1 spiro atoms. The van der Waals surface area contributed by atoms with Crippen LogP contribution in [0.15, 0.2) is 35.5 Å². The summed E-state index contributed by atoms with van der Waals surface area (Å²) in [6.07, 6.45) is 3.25. The van der Waals surface area contributed by atoms with Gasteiger partial charge < -0.3 is 9.74 Å². The molecule has 5 fully saturated rings. The average Bonchev–Trinajstić information content (AvgIpc) is 3.63. The zero-order valence-corrected chi connectivity index (χ0v) is 22.6. The van der Waals surface area contributed by atoms with E-state index in [1.54, 1.807) is 4.90 Å². The molecule has 6 atom stereocenters. The van der Waals surface area contributed by atoms with Crippen LogP contribution in [0.2, 0.25) is 0 Å². The summed E-state index contributed by atoms with van der Waals surface area (Å²) < 4.78 is 27.8. The predicted molar refractivity (Wildman–Crippen MR) is 137 cm³/mol. The normalized spacial score (nSPS) is 37.9. The highest BCUT2D eigenvalue weighted by Gasteiger charge is 2.72. The summed E-state index contributed by atoms with van der Waals surface area (Å²) in [5, 5.41) is 5.70. The van der Waals surface area contributed by atoms with E-state index < -0.39 is 22.0 Å². The van der Waals surface area contributed by atoms with Crippen LogP contribution in [0, 0.1) is 16.7 Å². The molecule has 1 aromatic rings. The van der Waals surface area contributed by atoms with Crippen molar-refractivity contribution >= 4 is 27.7 Å². The molecule has 1 aromatic carbocycles. The predicted octanol–water partition coefficient (Wildman–Crippen LogP) is 2.90. The first kappa shape index (κ1) is 24.4. The number of carbonyl (C=O) groups is 2. The van der Waals surface area contributed by atoms with Gasteiger partial charge in [-0.3, -0.25) is 9.63 Å². The Morgan fingerprint density at radius 3 is 2.74 bits per heavy atom. The van der Waals surface area contributed by atoms with Gasteiger partial charge in [0.05, 0.1) is 29.6 Å². The number of oxime groups is 1. The molecule has 204 valence electrons. The molecule has 6 aliphatic rings. The fourth-order valence-corrected chi connectivity index (χ4v) is 10.9. The summed E-state index contributed by atoms with van der Waals surface area (Å²) in [4.78, 5) is 40.1. The van der Waals surface area contributed by atoms with Crippen molar-refractivity contribution in [3.05, 3.63) is 35.9 Å². The van der Waals surface area contributed by atoms with Crippen molar-refractivity contribution in [2.45, 2.75) is 83.2 Å². The van der Waals surface area contributed by atoms with Crippen molar-refractivity contribution in [1.82, 2.24) is 14.3 Å². The van der Waals surface area contributed by atoms with E-state index in [-0.39, 0.29) is 47.2 Å². The van der Waals surface area contributed by atoms with Gasteiger partial charge in [0.1, 0.15) is 6.61 Å². The molecule has 0 radical (unpaired) electrons. The van der Waals surface area contributed by atoms with Gasteiger partial charge in [-0.15, -0.1) is 0 Å². The lowest BCUT2D eigenvalue weighted by molar-refractivity contribution is -0.140. The first-order valence-corrected chi connectivity index (χ1v) is 15.3. The Labute approximate surface area is 222 Å². The first-order chi connectivity index (χ1) is 18.1. The number of hydroxylamine groups is 2. The topological polar surface area (TPSA) is 109 Å². The van der Waals surface area contributed by atoms with E-state index in [0.717, 1.165) is 35.6 Å². The van der Waals surface area contributed by atoms with Crippen molar-refractivity contribution in [3.63, 3.8) is 0 Å². The maximum atomic E-state index is 13.7. The second kappa shape index (κ2) is 8.17. The Morgan fingerprint density at radius 1 is 1.18 bits per heavy atom. The van der Waals surface area contributed by atoms with E-state index in [2.05, 4.69) is 19.0 Å². The standard InChI is InChI=1S/C27H34N4O6S/c1-26(2)18-10-11-27(26)16-38(34,35)31(23(27)12-18)24(32)22-13-20(28-37-22)21-9-8-19-14-29(21)25(33)30(19)36-15-17-6-4-3-5-7-17/h3-7,18-19,21-23H,8-16H2,1-2H3/t18-,19?,21+,22-,23-,27-/m1/s1. The minimum absolute atomic E-state index is 0.0325. The van der Waals surface area contributed by atoms with Crippen LogP contribution in [0.5, 0.6) is 0 Å². The molecule has 4 bridgehead atoms. The third kappa shape index (κ3) is 3.27. The van der Waals surface area contributed by atoms with Crippen LogP contribution in [0.1, 0.15) is 57.9 Å². The summed E-state index contributed by atoms with van der Waals surface area (Å²) in [7, 11) is -3.73. The fourth-order valence-electron chi connectivity index (χ4n) is 8.31. The molecule has 4 heterocycles. The molecule has 3 saturated heterocycles. The van der Waals surface area contributed by atoms with Crippen LogP contribution in [-0.4, -0.2) is 76.9 Å². The van der Waals surface area contributed by atoms with Crippen molar-refractivity contribution in [3.8, 4) is 0 Å². The van der Waals surface area contributed by atoms with Gasteiger partial charge in [-0.25, -0.2) is 17.5 Å². The van der Waals surface area contributed by atoms with Crippen LogP contribution < -0.4 is 0 Å². The molecule has 38 heavy (non-hydrogen) atoms. The molecule has 11 heteroatoms. The van der Waals surface area contributed by atoms with E-state index in [0.29, 0.717) is 31.2 Å². The molecule has 2 saturated carbocycles. The number of nitrogens with zero attached hydrogens (tertiary/aromatic N) is 4. The van der Waals surface area contributed by atoms with Crippen LogP contribution in [-0.2, 0) is 31.1 Å². The number of hydrogen-bond donors (Lipinski definition) is 0. The van der Waals surface area contributed by atoms with Crippen LogP contribution in [0.25, 0.3) is 0 Å². The summed E-state index contributed by atoms with van der Waals surface area (Å²) >= 11 is 0. The van der Waals surface area contributed by atoms with Crippen molar-refractivity contribution in [2.75, 3.05) is 12.3 Å². The van der Waals surface area contributed by atoms with E-state index >= 15 is 0 Å². The smallest absolute Gasteiger partial charge is 0.344 e. The Morgan fingerprint density at radius 2 is 1.97 bits per heavy atom. The third-order valence-electron chi connectivity index (χ3n) is 10.5. The SMILES string of the molecule is CC1(C)[C@@H]2CC[C@]13CS(=O)(=O)N(C(=O)[C@H]1CC([C@@H]4CCC5CN4C(=O)N5OCc4ccccc4)=NO1)[C@@H]3C2. The molecule has 3 amide bonds. The Balaban J connectivity index is 1.03. The van der Waals surface area contributed by atoms with E-state index in [1.165, 1.54) is 5.06 Å². The monoisotopic (exact) mass is 542 g/mol. The Hall–Kier alpha value is -2.66. The summed E-state index contributed by atoms with van der Waals surface area (Å²) in [5.74, 6) is -0.0490. The van der Waals surface area contributed by atoms with Gasteiger partial charge in [-0.05, 0) is 49.0 Å². The molecular formula is C27H34N4O6S. The van der Waals surface area contributed by atoms with Gasteiger partial charge in [-0.2, -0.15) is 5.06 Å². The summed E-state index contributed by atoms with van der Waals surface area (Å²) in [6.45, 7) is 5.17. The number of amides is 3. The van der Waals surface area contributed by atoms with Crippen LogP contribution in [0.4, 0.5) is 4.79 Å². The molecule has 0 aromatic heterocycles. The van der Waals surface area contributed by atoms with Crippen LogP contribution >= 0.6 is 0 Å². The first-order valence-electron chi connectivity index (χ1n) is 13.7. The lowest BCUT2D eigenvalue weighted by Crippen LogP contribution is -2.49. The Kier molecular flexibility index (Phi) is 5.24. The summed E-state index contributed by atoms with van der Waals surface area (Å²) in [5.41, 5.74) is 1.12. The summed E-state index contributed by atoms with van der Waals surface area (Å²) in [6, 6.07) is 8.89. The van der Waals surface area contributed by atoms with Crippen molar-refractivity contribution in [1.29, 1.82) is 0 Å². The number of urea groups is 1. The number of sulfonamides is 1. The molecule has 2 aliphatic carbocycles. The number of piperidine rings is 1. The minimum Gasteiger partial charge on any atom is -0.382 e. The van der Waals surface area contributed by atoms with E-state index in [9.17, 15) is 18.0 Å². The van der Waals surface area contributed by atoms with E-state index in [1.807, 2.05) is 30.3 Å². The largest absolute Gasteiger partial charge is 0.382 e. The second-order valence-corrected chi connectivity index (χ2v) is 14.2. The molecule has 4 aliphatic heterocycles. The van der Waals surface area contributed by atoms with Gasteiger partial charge in [0.15, 0.2) is 0 Å². The second-order valence-electron chi connectivity index (χ2n) is 12.4. The molecule has 7 rings (SSSR count). The zero-order chi connectivity index (χ0) is 26.4. The molecule has 1 unspecified atom stereocenters. The lowest BCUT2D eigenvalue weighted by atomic mass is 9.69. The van der Waals surface area contributed by atoms with Crippen LogP contribution in [0.3, 0.4) is 0 Å². The highest BCUT2D eigenvalue weighted by molar-refractivity contribution is 7.90. The maximum absolute atomic E-state index is 13.7. The number of carbonyl (C=O) groups excluding carboxylic acids is 2. The maximum Gasteiger partial charge on any atom is 0.344 e. The van der Waals surface area contributed by atoms with Gasteiger partial charge in [0.2, 0.25) is 16.1 Å². The molecule has 0 N–H and O–H groups in total. The van der Waals surface area contributed by atoms with Gasteiger partial charge >= 0.3 is 6.03 Å². The number of benzene rings is 1. The van der Waals surface area contributed by atoms with Gasteiger partial charge in [-0.1, -0.05) is 49.3 Å². The zero-order valence-electron chi connectivity index (χ0n) is 21.8. The highest BCUT2D eigenvalue weighted by Crippen LogP contribution is 2.70. The van der Waals surface area contributed by atoms with Gasteiger partial charge in [0, 0.05) is 18.4 Å². The third-order valence-corrected chi connectivity index (χ3v) is 12.4. The number of rotatable bonds is 5. The molecular weight excluding hydrogens is 508 g/mol.